The number of hydrogen-bond acceptors (Lipinski definition) is 7. The van der Waals surface area contributed by atoms with Crippen LogP contribution in [0.25, 0.3) is 0 Å². The summed E-state index contributed by atoms with van der Waals surface area (Å²) in [4.78, 5) is 23.9. The van der Waals surface area contributed by atoms with Gasteiger partial charge in [0.2, 0.25) is 0 Å². The van der Waals surface area contributed by atoms with Crippen molar-refractivity contribution in [1.29, 1.82) is 0 Å². The highest BCUT2D eigenvalue weighted by Crippen LogP contribution is 2.41. The highest BCUT2D eigenvalue weighted by Gasteiger charge is 2.33. The van der Waals surface area contributed by atoms with Gasteiger partial charge in [-0.25, -0.2) is 0 Å². The molecule has 3 aromatic rings. The molecular formula is C43H58O7. The zero-order chi connectivity index (χ0) is 36.3. The van der Waals surface area contributed by atoms with Crippen molar-refractivity contribution >= 4 is 11.9 Å². The van der Waals surface area contributed by atoms with Crippen molar-refractivity contribution < 1.29 is 33.6 Å². The average Bonchev–Trinajstić information content (AvgIpc) is 3.09. The van der Waals surface area contributed by atoms with Gasteiger partial charge in [0.05, 0.1) is 12.5 Å². The Morgan fingerprint density at radius 3 is 1.90 bits per heavy atom. The molecule has 50 heavy (non-hydrogen) atoms. The van der Waals surface area contributed by atoms with Crippen LogP contribution in [0.2, 0.25) is 0 Å². The standard InChI is InChI=1S/C43H58O7/c1-8-32(28-37(35-11-19-39(45)20-12-35)27-29(2)33-13-21-40(22-14-33)49-30(3)44)34-15-23-41(24-16-34)50-31(4)47-25-26-48-42(46)36-9-17-38(18-10-36)43(5,6)7/h11-16,19-24,29,31-32,36-38,45H,8-10,17-18,25-28H2,1-7H3. The van der Waals surface area contributed by atoms with Crippen LogP contribution in [0.4, 0.5) is 0 Å². The summed E-state index contributed by atoms with van der Waals surface area (Å²) < 4.78 is 22.6. The van der Waals surface area contributed by atoms with Crippen molar-refractivity contribution in [2.45, 2.75) is 117 Å². The lowest BCUT2D eigenvalue weighted by Crippen LogP contribution is -2.30. The molecule has 0 saturated heterocycles. The molecule has 0 aliphatic heterocycles. The van der Waals surface area contributed by atoms with Crippen LogP contribution in [0.1, 0.15) is 128 Å². The van der Waals surface area contributed by atoms with Crippen molar-refractivity contribution in [3.63, 3.8) is 0 Å². The van der Waals surface area contributed by atoms with Gasteiger partial charge in [-0.3, -0.25) is 9.59 Å². The van der Waals surface area contributed by atoms with Crippen LogP contribution >= 0.6 is 0 Å². The van der Waals surface area contributed by atoms with Crippen molar-refractivity contribution in [3.05, 3.63) is 89.5 Å². The molecule has 3 aromatic carbocycles. The van der Waals surface area contributed by atoms with E-state index in [1.54, 1.807) is 12.1 Å². The lowest BCUT2D eigenvalue weighted by atomic mass is 9.70. The minimum absolute atomic E-state index is 0.000192. The second kappa shape index (κ2) is 18.4. The largest absolute Gasteiger partial charge is 0.508 e. The number of ether oxygens (including phenoxy) is 4. The lowest BCUT2D eigenvalue weighted by molar-refractivity contribution is -0.154. The highest BCUT2D eigenvalue weighted by molar-refractivity contribution is 5.72. The summed E-state index contributed by atoms with van der Waals surface area (Å²) in [7, 11) is 0. The second-order valence-corrected chi connectivity index (χ2v) is 15.1. The van der Waals surface area contributed by atoms with E-state index < -0.39 is 6.29 Å². The first-order chi connectivity index (χ1) is 23.8. The molecule has 1 saturated carbocycles. The summed E-state index contributed by atoms with van der Waals surface area (Å²) in [5, 5.41) is 9.96. The molecule has 4 rings (SSSR count). The SMILES string of the molecule is CCC(CC(CC(C)c1ccc(OC(C)=O)cc1)c1ccc(O)cc1)c1ccc(OC(C)OCCOC(=O)C2CCC(C(C)(C)C)CC2)cc1. The summed E-state index contributed by atoms with van der Waals surface area (Å²) in [6, 6.07) is 23.6. The molecular weight excluding hydrogens is 628 g/mol. The van der Waals surface area contributed by atoms with Gasteiger partial charge < -0.3 is 24.1 Å². The predicted molar refractivity (Wildman–Crippen MR) is 198 cm³/mol. The Labute approximate surface area is 299 Å². The van der Waals surface area contributed by atoms with E-state index in [0.29, 0.717) is 23.0 Å². The number of carbonyl (C=O) groups is 2. The summed E-state index contributed by atoms with van der Waals surface area (Å²) in [6.07, 6.45) is 6.35. The van der Waals surface area contributed by atoms with Gasteiger partial charge in [-0.05, 0) is 134 Å². The normalized spacial score (nSPS) is 18.8. The van der Waals surface area contributed by atoms with Gasteiger partial charge in [-0.1, -0.05) is 71.0 Å². The first-order valence-electron chi connectivity index (χ1n) is 18.4. The minimum atomic E-state index is -0.479. The first kappa shape index (κ1) is 39.0. The monoisotopic (exact) mass is 686 g/mol. The van der Waals surface area contributed by atoms with Gasteiger partial charge in [0.15, 0.2) is 6.29 Å². The van der Waals surface area contributed by atoms with Crippen LogP contribution in [0.5, 0.6) is 17.2 Å². The van der Waals surface area contributed by atoms with E-state index in [4.69, 9.17) is 18.9 Å². The molecule has 4 unspecified atom stereocenters. The van der Waals surface area contributed by atoms with Gasteiger partial charge in [-0.15, -0.1) is 0 Å². The smallest absolute Gasteiger partial charge is 0.309 e. The third kappa shape index (κ3) is 11.9. The fourth-order valence-corrected chi connectivity index (χ4v) is 7.30. The molecule has 7 heteroatoms. The Morgan fingerprint density at radius 2 is 1.32 bits per heavy atom. The lowest BCUT2D eigenvalue weighted by Gasteiger charge is -2.36. The maximum absolute atomic E-state index is 12.6. The second-order valence-electron chi connectivity index (χ2n) is 15.1. The maximum atomic E-state index is 12.6. The van der Waals surface area contributed by atoms with Crippen molar-refractivity contribution in [2.24, 2.45) is 17.3 Å². The molecule has 1 fully saturated rings. The van der Waals surface area contributed by atoms with Crippen molar-refractivity contribution in [1.82, 2.24) is 0 Å². The van der Waals surface area contributed by atoms with Crippen molar-refractivity contribution in [2.75, 3.05) is 13.2 Å². The summed E-state index contributed by atoms with van der Waals surface area (Å²) in [6.45, 7) is 15.1. The van der Waals surface area contributed by atoms with Crippen LogP contribution in [-0.2, 0) is 19.1 Å². The quantitative estimate of drug-likeness (QED) is 0.0694. The first-order valence-corrected chi connectivity index (χ1v) is 18.4. The van der Waals surface area contributed by atoms with Gasteiger partial charge >= 0.3 is 11.9 Å². The number of rotatable bonds is 16. The highest BCUT2D eigenvalue weighted by atomic mass is 16.7. The maximum Gasteiger partial charge on any atom is 0.309 e. The number of benzene rings is 3. The number of hydrogen-bond donors (Lipinski definition) is 1. The van der Waals surface area contributed by atoms with Crippen LogP contribution in [0, 0.1) is 17.3 Å². The van der Waals surface area contributed by atoms with Gasteiger partial charge in [0, 0.05) is 6.92 Å². The zero-order valence-corrected chi connectivity index (χ0v) is 31.2. The van der Waals surface area contributed by atoms with Crippen LogP contribution in [-0.4, -0.2) is 36.5 Å². The number of esters is 2. The summed E-state index contributed by atoms with van der Waals surface area (Å²) in [5.41, 5.74) is 3.93. The molecule has 1 N–H and O–H groups in total. The van der Waals surface area contributed by atoms with E-state index >= 15 is 0 Å². The Balaban J connectivity index is 1.28. The average molecular weight is 687 g/mol. The molecule has 7 nitrogen and oxygen atoms in total. The minimum Gasteiger partial charge on any atom is -0.508 e. The summed E-state index contributed by atoms with van der Waals surface area (Å²) >= 11 is 0. The number of carbonyl (C=O) groups excluding carboxylic acids is 2. The topological polar surface area (TPSA) is 91.3 Å². The van der Waals surface area contributed by atoms with Gasteiger partial charge in [-0.2, -0.15) is 0 Å². The van der Waals surface area contributed by atoms with E-state index in [2.05, 4.69) is 46.8 Å². The fourth-order valence-electron chi connectivity index (χ4n) is 7.30. The third-order valence-corrected chi connectivity index (χ3v) is 10.4. The Hall–Kier alpha value is -3.84. The van der Waals surface area contributed by atoms with Crippen LogP contribution in [0.3, 0.4) is 0 Å². The van der Waals surface area contributed by atoms with E-state index in [0.717, 1.165) is 50.7 Å². The molecule has 0 bridgehead atoms. The Bertz CT molecular complexity index is 1470. The Morgan fingerprint density at radius 1 is 0.760 bits per heavy atom. The van der Waals surface area contributed by atoms with E-state index in [1.165, 1.54) is 23.6 Å². The van der Waals surface area contributed by atoms with E-state index in [9.17, 15) is 14.7 Å². The molecule has 0 radical (unpaired) electrons. The Kier molecular flexibility index (Phi) is 14.3. The molecule has 4 atom stereocenters. The molecule has 1 aliphatic carbocycles. The number of phenols is 1. The van der Waals surface area contributed by atoms with Gasteiger partial charge in [0.25, 0.3) is 0 Å². The molecule has 0 heterocycles. The third-order valence-electron chi connectivity index (χ3n) is 10.4. The molecule has 0 spiro atoms. The zero-order valence-electron chi connectivity index (χ0n) is 31.2. The van der Waals surface area contributed by atoms with E-state index in [-0.39, 0.29) is 48.7 Å². The fraction of sp³-hybridized carbons (Fsp3) is 0.535. The summed E-state index contributed by atoms with van der Waals surface area (Å²) in [5.74, 6) is 2.63. The molecule has 0 aromatic heterocycles. The molecule has 0 amide bonds. The van der Waals surface area contributed by atoms with E-state index in [1.807, 2.05) is 55.5 Å². The number of aromatic hydroxyl groups is 1. The number of phenolic OH excluding ortho intramolecular Hbond substituents is 1. The predicted octanol–water partition coefficient (Wildman–Crippen LogP) is 10.3. The van der Waals surface area contributed by atoms with Crippen molar-refractivity contribution in [3.8, 4) is 17.2 Å². The van der Waals surface area contributed by atoms with Crippen LogP contribution < -0.4 is 9.47 Å². The van der Waals surface area contributed by atoms with Crippen LogP contribution in [0.15, 0.2) is 72.8 Å². The molecule has 272 valence electrons. The van der Waals surface area contributed by atoms with Gasteiger partial charge in [0.1, 0.15) is 23.9 Å². The molecule has 1 aliphatic rings.